The monoisotopic (exact) mass is 292 g/mol. The van der Waals surface area contributed by atoms with Crippen molar-refractivity contribution in [3.8, 4) is 0 Å². The van der Waals surface area contributed by atoms with E-state index >= 15 is 0 Å². The van der Waals surface area contributed by atoms with Gasteiger partial charge in [-0.1, -0.05) is 41.0 Å². The number of rotatable bonds is 7. The highest BCUT2D eigenvalue weighted by molar-refractivity contribution is 7.80. The highest BCUT2D eigenvalue weighted by Crippen LogP contribution is 2.10. The van der Waals surface area contributed by atoms with E-state index in [1.54, 1.807) is 0 Å². The van der Waals surface area contributed by atoms with Crippen LogP contribution in [0.1, 0.15) is 39.2 Å². The summed E-state index contributed by atoms with van der Waals surface area (Å²) in [6.45, 7) is 8.68. The van der Waals surface area contributed by atoms with Crippen LogP contribution in [0.5, 0.6) is 0 Å². The van der Waals surface area contributed by atoms with Crippen molar-refractivity contribution in [3.05, 3.63) is 53.1 Å². The quantitative estimate of drug-likeness (QED) is 0.679. The number of hydrogen-bond acceptors (Lipinski definition) is 2. The van der Waals surface area contributed by atoms with Gasteiger partial charge in [-0.25, -0.2) is 4.21 Å². The Morgan fingerprint density at radius 2 is 1.80 bits per heavy atom. The molecule has 1 atom stereocenters. The Morgan fingerprint density at radius 1 is 1.15 bits per heavy atom. The molecule has 0 radical (unpaired) electrons. The van der Waals surface area contributed by atoms with Crippen molar-refractivity contribution >= 4 is 11.1 Å². The molecule has 0 bridgehead atoms. The van der Waals surface area contributed by atoms with Crippen molar-refractivity contribution < 1.29 is 8.39 Å². The lowest BCUT2D eigenvalue weighted by Gasteiger charge is -2.03. The summed E-state index contributed by atoms with van der Waals surface area (Å²) in [5.74, 6) is 0. The Bertz CT molecular complexity index is 494. The largest absolute Gasteiger partial charge is 0.283 e. The lowest BCUT2D eigenvalue weighted by Crippen LogP contribution is -1.98. The van der Waals surface area contributed by atoms with Gasteiger partial charge in [0.05, 0.1) is 11.5 Å². The molecule has 0 aliphatic rings. The molecule has 20 heavy (non-hydrogen) atoms. The second kappa shape index (κ2) is 8.88. The van der Waals surface area contributed by atoms with Crippen LogP contribution < -0.4 is 0 Å². The molecule has 0 aliphatic heterocycles. The molecule has 0 aromatic heterocycles. The maximum absolute atomic E-state index is 11.9. The molecule has 0 aliphatic carbocycles. The molecule has 0 fully saturated rings. The van der Waals surface area contributed by atoms with Gasteiger partial charge >= 0.3 is 0 Å². The molecule has 2 nitrogen and oxygen atoms in total. The minimum absolute atomic E-state index is 0.390. The van der Waals surface area contributed by atoms with Crippen LogP contribution in [0.3, 0.4) is 0 Å². The Morgan fingerprint density at radius 3 is 2.40 bits per heavy atom. The van der Waals surface area contributed by atoms with Crippen molar-refractivity contribution in [3.63, 3.8) is 0 Å². The molecule has 1 aromatic carbocycles. The third kappa shape index (κ3) is 6.83. The molecule has 110 valence electrons. The number of benzene rings is 1. The Labute approximate surface area is 125 Å². The molecule has 0 saturated carbocycles. The topological polar surface area (TPSA) is 26.3 Å². The van der Waals surface area contributed by atoms with Crippen molar-refractivity contribution in [2.24, 2.45) is 0 Å². The standard InChI is InChI=1S/C17H24O2S/c1-14(2)6-5-7-15(3)12-13-19-20(18)17-10-8-16(4)9-11-17/h6,8-12H,5,7,13H2,1-4H3/b15-12+. The molecule has 1 aromatic rings. The Hall–Kier alpha value is -1.19. The van der Waals surface area contributed by atoms with Crippen LogP contribution in [0.4, 0.5) is 0 Å². The normalized spacial score (nSPS) is 13.1. The van der Waals surface area contributed by atoms with Crippen molar-refractivity contribution in [2.75, 3.05) is 6.61 Å². The molecule has 1 unspecified atom stereocenters. The molecular formula is C17H24O2S. The summed E-state index contributed by atoms with van der Waals surface area (Å²) >= 11 is -1.38. The predicted molar refractivity (Wildman–Crippen MR) is 86.0 cm³/mol. The summed E-state index contributed by atoms with van der Waals surface area (Å²) in [6, 6.07) is 7.57. The van der Waals surface area contributed by atoms with Crippen LogP contribution in [-0.2, 0) is 15.3 Å². The molecule has 0 amide bonds. The van der Waals surface area contributed by atoms with Gasteiger partial charge in [0.1, 0.15) is 0 Å². The first-order valence-corrected chi connectivity index (χ1v) is 7.97. The van der Waals surface area contributed by atoms with Gasteiger partial charge in [-0.2, -0.15) is 0 Å². The van der Waals surface area contributed by atoms with Gasteiger partial charge in [0.2, 0.25) is 0 Å². The first kappa shape index (κ1) is 16.9. The van der Waals surface area contributed by atoms with Gasteiger partial charge in [0.25, 0.3) is 0 Å². The Kier molecular flexibility index (Phi) is 7.48. The summed E-state index contributed by atoms with van der Waals surface area (Å²) in [5, 5.41) is 0. The zero-order chi connectivity index (χ0) is 15.0. The number of aryl methyl sites for hydroxylation is 1. The fourth-order valence-corrected chi connectivity index (χ4v) is 2.33. The van der Waals surface area contributed by atoms with Gasteiger partial charge in [0, 0.05) is 0 Å². The number of hydrogen-bond donors (Lipinski definition) is 0. The van der Waals surface area contributed by atoms with Gasteiger partial charge in [-0.05, 0) is 52.7 Å². The van der Waals surface area contributed by atoms with Crippen molar-refractivity contribution in [2.45, 2.75) is 45.4 Å². The van der Waals surface area contributed by atoms with Gasteiger partial charge in [-0.15, -0.1) is 0 Å². The molecule has 0 saturated heterocycles. The van der Waals surface area contributed by atoms with E-state index in [0.717, 1.165) is 18.4 Å². The Balaban J connectivity index is 2.37. The molecule has 0 N–H and O–H groups in total. The zero-order valence-corrected chi connectivity index (χ0v) is 13.6. The minimum Gasteiger partial charge on any atom is -0.283 e. The highest BCUT2D eigenvalue weighted by Gasteiger charge is 2.02. The lowest BCUT2D eigenvalue weighted by atomic mass is 10.1. The van der Waals surface area contributed by atoms with E-state index in [1.807, 2.05) is 37.3 Å². The van der Waals surface area contributed by atoms with Crippen LogP contribution in [-0.4, -0.2) is 10.8 Å². The third-order valence-electron chi connectivity index (χ3n) is 2.91. The second-order valence-corrected chi connectivity index (χ2v) is 6.38. The van der Waals surface area contributed by atoms with Crippen LogP contribution in [0.15, 0.2) is 52.5 Å². The molecular weight excluding hydrogens is 268 g/mol. The van der Waals surface area contributed by atoms with E-state index < -0.39 is 11.1 Å². The SMILES string of the molecule is CC(C)=CCC/C(C)=C/COS(=O)c1ccc(C)cc1. The van der Waals surface area contributed by atoms with E-state index in [9.17, 15) is 4.21 Å². The zero-order valence-electron chi connectivity index (χ0n) is 12.8. The fourth-order valence-electron chi connectivity index (χ4n) is 1.65. The molecule has 0 spiro atoms. The van der Waals surface area contributed by atoms with E-state index in [0.29, 0.717) is 11.5 Å². The van der Waals surface area contributed by atoms with Crippen LogP contribution in [0.2, 0.25) is 0 Å². The predicted octanol–water partition coefficient (Wildman–Crippen LogP) is 4.73. The highest BCUT2D eigenvalue weighted by atomic mass is 32.2. The van der Waals surface area contributed by atoms with Crippen molar-refractivity contribution in [1.29, 1.82) is 0 Å². The van der Waals surface area contributed by atoms with Crippen LogP contribution >= 0.6 is 0 Å². The molecule has 0 heterocycles. The summed E-state index contributed by atoms with van der Waals surface area (Å²) < 4.78 is 17.2. The first-order chi connectivity index (χ1) is 9.49. The number of allylic oxidation sites excluding steroid dienone is 3. The maximum atomic E-state index is 11.9. The van der Waals surface area contributed by atoms with E-state index in [2.05, 4.69) is 26.8 Å². The smallest absolute Gasteiger partial charge is 0.189 e. The summed E-state index contributed by atoms with van der Waals surface area (Å²) in [7, 11) is 0. The van der Waals surface area contributed by atoms with Crippen LogP contribution in [0, 0.1) is 6.92 Å². The first-order valence-electron chi connectivity index (χ1n) is 6.89. The summed E-state index contributed by atoms with van der Waals surface area (Å²) in [6.07, 6.45) is 6.30. The average molecular weight is 292 g/mol. The van der Waals surface area contributed by atoms with Crippen molar-refractivity contribution in [1.82, 2.24) is 0 Å². The lowest BCUT2D eigenvalue weighted by molar-refractivity contribution is 0.393. The third-order valence-corrected chi connectivity index (χ3v) is 3.92. The average Bonchev–Trinajstić information content (AvgIpc) is 2.39. The second-order valence-electron chi connectivity index (χ2n) is 5.20. The summed E-state index contributed by atoms with van der Waals surface area (Å²) in [5.41, 5.74) is 3.76. The molecule has 1 rings (SSSR count). The summed E-state index contributed by atoms with van der Waals surface area (Å²) in [4.78, 5) is 0.714. The van der Waals surface area contributed by atoms with Crippen LogP contribution in [0.25, 0.3) is 0 Å². The van der Waals surface area contributed by atoms with Gasteiger partial charge < -0.3 is 0 Å². The maximum Gasteiger partial charge on any atom is 0.189 e. The molecule has 3 heteroatoms. The van der Waals surface area contributed by atoms with E-state index in [1.165, 1.54) is 11.1 Å². The van der Waals surface area contributed by atoms with Gasteiger partial charge in [-0.3, -0.25) is 4.18 Å². The van der Waals surface area contributed by atoms with Gasteiger partial charge in [0.15, 0.2) is 11.1 Å². The minimum atomic E-state index is -1.38. The fraction of sp³-hybridized carbons (Fsp3) is 0.412. The van der Waals surface area contributed by atoms with E-state index in [-0.39, 0.29) is 0 Å². The van der Waals surface area contributed by atoms with E-state index in [4.69, 9.17) is 4.18 Å².